The first-order valence-corrected chi connectivity index (χ1v) is 16.0. The maximum Gasteiger partial charge on any atom is 0.253 e. The van der Waals surface area contributed by atoms with Gasteiger partial charge in [0.2, 0.25) is 5.91 Å². The Hall–Kier alpha value is -4.21. The number of hydrogen-bond acceptors (Lipinski definition) is 6. The van der Waals surface area contributed by atoms with E-state index in [1.54, 1.807) is 7.11 Å². The first-order chi connectivity index (χ1) is 22.0. The minimum absolute atomic E-state index is 0.0508. The number of nitrogens with one attached hydrogen (secondary N) is 3. The average Bonchev–Trinajstić information content (AvgIpc) is 3.07. The molecule has 240 valence electrons. The third kappa shape index (κ3) is 10.7. The number of aryl methyl sites for hydroxylation is 1. The van der Waals surface area contributed by atoms with Crippen LogP contribution in [-0.4, -0.2) is 80.6 Å². The lowest BCUT2D eigenvalue weighted by Crippen LogP contribution is -2.48. The summed E-state index contributed by atoms with van der Waals surface area (Å²) in [6.45, 7) is 7.88. The summed E-state index contributed by atoms with van der Waals surface area (Å²) in [5.41, 5.74) is 5.04. The molecule has 9 nitrogen and oxygen atoms in total. The number of benzene rings is 3. The monoisotopic (exact) mass is 613 g/mol. The summed E-state index contributed by atoms with van der Waals surface area (Å²) < 4.78 is 11.4. The molecular weight excluding hydrogens is 566 g/mol. The van der Waals surface area contributed by atoms with Crippen molar-refractivity contribution < 1.29 is 19.1 Å². The first-order valence-electron chi connectivity index (χ1n) is 16.0. The second-order valence-electron chi connectivity index (χ2n) is 11.4. The molecule has 0 spiro atoms. The van der Waals surface area contributed by atoms with Crippen LogP contribution in [-0.2, 0) is 22.5 Å². The number of carbonyl (C=O) groups excluding carboxylic acids is 2. The number of amides is 2. The Morgan fingerprint density at radius 2 is 1.62 bits per heavy atom. The summed E-state index contributed by atoms with van der Waals surface area (Å²) in [6.07, 6.45) is 3.59. The summed E-state index contributed by atoms with van der Waals surface area (Å²) in [7, 11) is 1.68. The van der Waals surface area contributed by atoms with Crippen LogP contribution in [0.1, 0.15) is 54.1 Å². The zero-order chi connectivity index (χ0) is 31.9. The van der Waals surface area contributed by atoms with Gasteiger partial charge in [-0.1, -0.05) is 67.9 Å². The fourth-order valence-corrected chi connectivity index (χ4v) is 5.28. The van der Waals surface area contributed by atoms with Crippen molar-refractivity contribution in [2.45, 2.75) is 45.6 Å². The van der Waals surface area contributed by atoms with E-state index in [-0.39, 0.29) is 24.2 Å². The Morgan fingerprint density at radius 3 is 2.33 bits per heavy atom. The smallest absolute Gasteiger partial charge is 0.253 e. The molecule has 2 amide bonds. The van der Waals surface area contributed by atoms with Gasteiger partial charge in [-0.2, -0.15) is 0 Å². The molecular formula is C36H47N5O4. The minimum atomic E-state index is -0.185. The molecule has 1 heterocycles. The van der Waals surface area contributed by atoms with Crippen molar-refractivity contribution in [2.24, 2.45) is 0 Å². The molecule has 1 fully saturated rings. The maximum absolute atomic E-state index is 12.8. The Bertz CT molecular complexity index is 1370. The Balaban J connectivity index is 1.34. The molecule has 45 heavy (non-hydrogen) atoms. The molecule has 1 aliphatic heterocycles. The largest absolute Gasteiger partial charge is 0.493 e. The zero-order valence-corrected chi connectivity index (χ0v) is 26.6. The highest BCUT2D eigenvalue weighted by molar-refractivity contribution is 5.95. The van der Waals surface area contributed by atoms with E-state index in [0.29, 0.717) is 26.2 Å². The van der Waals surface area contributed by atoms with Gasteiger partial charge in [-0.25, -0.2) is 0 Å². The topological polar surface area (TPSA) is 107 Å². The van der Waals surface area contributed by atoms with Crippen molar-refractivity contribution in [1.29, 1.82) is 5.41 Å². The van der Waals surface area contributed by atoms with Crippen molar-refractivity contribution in [3.8, 4) is 16.9 Å². The number of carbonyl (C=O) groups is 2. The molecule has 3 N–H and O–H groups in total. The molecule has 1 aliphatic rings. The van der Waals surface area contributed by atoms with Crippen molar-refractivity contribution in [3.05, 3.63) is 89.5 Å². The van der Waals surface area contributed by atoms with Crippen molar-refractivity contribution in [2.75, 3.05) is 53.0 Å². The maximum atomic E-state index is 12.8. The van der Waals surface area contributed by atoms with Crippen LogP contribution in [0.25, 0.3) is 11.1 Å². The van der Waals surface area contributed by atoms with Gasteiger partial charge in [0.1, 0.15) is 5.75 Å². The number of rotatable bonds is 15. The van der Waals surface area contributed by atoms with Gasteiger partial charge in [0.05, 0.1) is 6.61 Å². The molecule has 3 aromatic carbocycles. The Kier molecular flexibility index (Phi) is 13.4. The summed E-state index contributed by atoms with van der Waals surface area (Å²) >= 11 is 0. The van der Waals surface area contributed by atoms with Crippen LogP contribution in [0.3, 0.4) is 0 Å². The van der Waals surface area contributed by atoms with Crippen LogP contribution in [0.4, 0.5) is 0 Å². The molecule has 0 unspecified atom stereocenters. The van der Waals surface area contributed by atoms with Crippen LogP contribution in [0.15, 0.2) is 72.8 Å². The number of nitrogens with zero attached hydrogens (tertiary/aromatic N) is 2. The van der Waals surface area contributed by atoms with Gasteiger partial charge < -0.3 is 19.7 Å². The summed E-state index contributed by atoms with van der Waals surface area (Å²) in [5.74, 6) is 0.750. The third-order valence-electron chi connectivity index (χ3n) is 7.89. The van der Waals surface area contributed by atoms with Crippen LogP contribution in [0.2, 0.25) is 0 Å². The fraction of sp³-hybridized carbons (Fsp3) is 0.417. The molecule has 4 rings (SSSR count). The van der Waals surface area contributed by atoms with Crippen molar-refractivity contribution >= 4 is 17.8 Å². The molecule has 0 atom stereocenters. The summed E-state index contributed by atoms with van der Waals surface area (Å²) in [5, 5.41) is 13.4. The van der Waals surface area contributed by atoms with Gasteiger partial charge in [0.15, 0.2) is 5.96 Å². The summed E-state index contributed by atoms with van der Waals surface area (Å²) in [4.78, 5) is 29.5. The predicted molar refractivity (Wildman–Crippen MR) is 179 cm³/mol. The fourth-order valence-electron chi connectivity index (χ4n) is 5.28. The third-order valence-corrected chi connectivity index (χ3v) is 7.89. The molecule has 0 aliphatic carbocycles. The zero-order valence-electron chi connectivity index (χ0n) is 26.6. The van der Waals surface area contributed by atoms with Crippen molar-refractivity contribution in [1.82, 2.24) is 20.4 Å². The molecule has 0 radical (unpaired) electrons. The van der Waals surface area contributed by atoms with E-state index in [1.165, 1.54) is 5.56 Å². The number of guanidine groups is 1. The lowest BCUT2D eigenvalue weighted by atomic mass is 9.99. The normalized spacial score (nSPS) is 13.3. The number of methoxy groups -OCH3 is 1. The van der Waals surface area contributed by atoms with E-state index >= 15 is 0 Å². The van der Waals surface area contributed by atoms with Gasteiger partial charge in [0.25, 0.3) is 5.91 Å². The van der Waals surface area contributed by atoms with Gasteiger partial charge in [-0.3, -0.25) is 25.2 Å². The quantitative estimate of drug-likeness (QED) is 0.125. The molecule has 1 saturated heterocycles. The van der Waals surface area contributed by atoms with E-state index in [4.69, 9.17) is 14.9 Å². The Morgan fingerprint density at radius 1 is 0.889 bits per heavy atom. The van der Waals surface area contributed by atoms with Crippen LogP contribution < -0.4 is 15.4 Å². The highest BCUT2D eigenvalue weighted by Crippen LogP contribution is 2.32. The standard InChI is InChI=1S/C36H47N5O4/c1-3-4-19-38-36(37)39-34(42)18-14-28-13-17-32(33(26-28)45-25-8-24-44-2)30-15-11-29(12-16-30)27-40-20-22-41(23-21-40)35(43)31-9-6-5-7-10-31/h5-7,9-13,15-17,26H,3-4,8,14,18-25,27H2,1-2H3,(H3,37,38,39,42). The lowest BCUT2D eigenvalue weighted by molar-refractivity contribution is -0.119. The number of piperazine rings is 1. The molecule has 9 heteroatoms. The molecule has 0 saturated carbocycles. The van der Waals surface area contributed by atoms with E-state index in [0.717, 1.165) is 80.0 Å². The van der Waals surface area contributed by atoms with Gasteiger partial charge in [-0.15, -0.1) is 0 Å². The molecule has 3 aromatic rings. The van der Waals surface area contributed by atoms with E-state index in [2.05, 4.69) is 52.8 Å². The average molecular weight is 614 g/mol. The number of ether oxygens (including phenoxy) is 2. The SMILES string of the molecule is CCCCNC(=N)NC(=O)CCc1ccc(-c2ccc(CN3CCN(C(=O)c4ccccc4)CC3)cc2)c(OCCCOC)c1. The lowest BCUT2D eigenvalue weighted by Gasteiger charge is -2.34. The molecule has 0 aromatic heterocycles. The minimum Gasteiger partial charge on any atom is -0.493 e. The van der Waals surface area contributed by atoms with Crippen LogP contribution in [0.5, 0.6) is 5.75 Å². The van der Waals surface area contributed by atoms with Gasteiger partial charge >= 0.3 is 0 Å². The Labute approximate surface area is 267 Å². The van der Waals surface area contributed by atoms with Gasteiger partial charge in [0, 0.05) is 77.0 Å². The highest BCUT2D eigenvalue weighted by Gasteiger charge is 2.22. The van der Waals surface area contributed by atoms with Crippen molar-refractivity contribution in [3.63, 3.8) is 0 Å². The predicted octanol–water partition coefficient (Wildman–Crippen LogP) is 5.10. The highest BCUT2D eigenvalue weighted by atomic mass is 16.5. The van der Waals surface area contributed by atoms with Crippen LogP contribution >= 0.6 is 0 Å². The number of hydrogen-bond donors (Lipinski definition) is 3. The number of unbranched alkanes of at least 4 members (excludes halogenated alkanes) is 1. The second kappa shape index (κ2) is 17.9. The van der Waals surface area contributed by atoms with Crippen LogP contribution in [0, 0.1) is 5.41 Å². The van der Waals surface area contributed by atoms with E-state index in [9.17, 15) is 9.59 Å². The first kappa shape index (κ1) is 33.7. The van der Waals surface area contributed by atoms with E-state index < -0.39 is 0 Å². The molecule has 0 bridgehead atoms. The second-order valence-corrected chi connectivity index (χ2v) is 11.4. The van der Waals surface area contributed by atoms with Gasteiger partial charge in [-0.05, 0) is 47.7 Å². The summed E-state index contributed by atoms with van der Waals surface area (Å²) in [6, 6.07) is 24.2. The van der Waals surface area contributed by atoms with E-state index in [1.807, 2.05) is 47.4 Å².